The smallest absolute Gasteiger partial charge is 0.248 e. The molecule has 0 aliphatic carbocycles. The van der Waals surface area contributed by atoms with Crippen LogP contribution in [0.25, 0.3) is 0 Å². The van der Waals surface area contributed by atoms with Gasteiger partial charge in [0.25, 0.3) is 0 Å². The van der Waals surface area contributed by atoms with Gasteiger partial charge in [-0.05, 0) is 36.0 Å². The van der Waals surface area contributed by atoms with Crippen molar-refractivity contribution in [2.75, 3.05) is 0 Å². The Hall–Kier alpha value is -2.07. The fraction of sp³-hybridized carbons (Fsp3) is 0. The first-order valence-electron chi connectivity index (χ1n) is 5.34. The lowest BCUT2D eigenvalue weighted by molar-refractivity contribution is 0.0999. The summed E-state index contributed by atoms with van der Waals surface area (Å²) in [5.41, 5.74) is 6.23. The predicted octanol–water partition coefficient (Wildman–Crippen LogP) is 2.72. The molecule has 0 saturated carbocycles. The lowest BCUT2D eigenvalue weighted by Crippen LogP contribution is -2.10. The van der Waals surface area contributed by atoms with Crippen molar-refractivity contribution in [3.05, 3.63) is 65.7 Å². The molecule has 0 fully saturated rings. The van der Waals surface area contributed by atoms with Gasteiger partial charge in [-0.2, -0.15) is 0 Å². The number of primary amides is 1. The number of hydrogen-bond acceptors (Lipinski definition) is 3. The van der Waals surface area contributed by atoms with Crippen LogP contribution in [-0.2, 0) is 0 Å². The van der Waals surface area contributed by atoms with Crippen molar-refractivity contribution in [1.82, 2.24) is 0 Å². The van der Waals surface area contributed by atoms with E-state index in [0.717, 1.165) is 16.7 Å². The van der Waals surface area contributed by atoms with Gasteiger partial charge >= 0.3 is 0 Å². The van der Waals surface area contributed by atoms with Crippen molar-refractivity contribution in [1.29, 1.82) is 0 Å². The summed E-state index contributed by atoms with van der Waals surface area (Å²) < 4.78 is 0. The maximum Gasteiger partial charge on any atom is 0.248 e. The average Bonchev–Trinajstić information content (AvgIpc) is 2.40. The second-order valence-electron chi connectivity index (χ2n) is 3.64. The molecular weight excluding hydrogens is 246 g/mol. The lowest BCUT2D eigenvalue weighted by Gasteiger charge is -2.01. The van der Waals surface area contributed by atoms with E-state index in [1.807, 2.05) is 18.2 Å². The zero-order chi connectivity index (χ0) is 13.0. The summed E-state index contributed by atoms with van der Waals surface area (Å²) in [4.78, 5) is 23.6. The van der Waals surface area contributed by atoms with Crippen molar-refractivity contribution in [2.45, 2.75) is 4.90 Å². The minimum atomic E-state index is -0.471. The number of thioether (sulfide) groups is 1. The molecule has 0 aromatic heterocycles. The highest BCUT2D eigenvalue weighted by atomic mass is 32.2. The molecule has 0 radical (unpaired) electrons. The molecule has 3 nitrogen and oxygen atoms in total. The number of benzene rings is 2. The lowest BCUT2D eigenvalue weighted by atomic mass is 10.2. The van der Waals surface area contributed by atoms with E-state index in [9.17, 15) is 9.59 Å². The molecule has 0 bridgehead atoms. The van der Waals surface area contributed by atoms with E-state index in [4.69, 9.17) is 5.73 Å². The van der Waals surface area contributed by atoms with Crippen molar-refractivity contribution >= 4 is 22.8 Å². The highest BCUT2D eigenvalue weighted by Crippen LogP contribution is 2.22. The zero-order valence-corrected chi connectivity index (χ0v) is 10.3. The Morgan fingerprint density at radius 1 is 0.833 bits per heavy atom. The van der Waals surface area contributed by atoms with Gasteiger partial charge in [0.2, 0.25) is 11.0 Å². The minimum absolute atomic E-state index is 0.0255. The van der Waals surface area contributed by atoms with Crippen LogP contribution in [0.4, 0.5) is 0 Å². The molecule has 0 unspecified atom stereocenters. The Morgan fingerprint density at radius 3 is 2.00 bits per heavy atom. The summed E-state index contributed by atoms with van der Waals surface area (Å²) in [5, 5.41) is -0.0255. The Kier molecular flexibility index (Phi) is 3.79. The largest absolute Gasteiger partial charge is 0.366 e. The Labute approximate surface area is 109 Å². The van der Waals surface area contributed by atoms with E-state index in [1.165, 1.54) is 0 Å². The quantitative estimate of drug-likeness (QED) is 0.860. The van der Waals surface area contributed by atoms with Crippen LogP contribution in [0, 0.1) is 0 Å². The van der Waals surface area contributed by atoms with E-state index in [0.29, 0.717) is 11.1 Å². The second kappa shape index (κ2) is 5.51. The molecule has 0 saturated heterocycles. The van der Waals surface area contributed by atoms with Gasteiger partial charge in [0.15, 0.2) is 0 Å². The van der Waals surface area contributed by atoms with Crippen molar-refractivity contribution in [3.8, 4) is 0 Å². The summed E-state index contributed by atoms with van der Waals surface area (Å²) in [6.45, 7) is 0. The SMILES string of the molecule is NC(=O)c1ccc(SC(=O)c2ccccc2)cc1. The van der Waals surface area contributed by atoms with Crippen LogP contribution in [0.3, 0.4) is 0 Å². The van der Waals surface area contributed by atoms with E-state index < -0.39 is 5.91 Å². The van der Waals surface area contributed by atoms with Crippen molar-refractivity contribution in [2.24, 2.45) is 5.73 Å². The maximum atomic E-state index is 11.9. The third kappa shape index (κ3) is 2.99. The number of hydrogen-bond donors (Lipinski definition) is 1. The molecule has 0 heterocycles. The van der Waals surface area contributed by atoms with Gasteiger partial charge in [-0.15, -0.1) is 0 Å². The number of rotatable bonds is 3. The van der Waals surface area contributed by atoms with Crippen LogP contribution in [0.15, 0.2) is 59.5 Å². The van der Waals surface area contributed by atoms with Gasteiger partial charge in [-0.1, -0.05) is 30.3 Å². The molecule has 0 spiro atoms. The minimum Gasteiger partial charge on any atom is -0.366 e. The van der Waals surface area contributed by atoms with Crippen LogP contribution in [0.1, 0.15) is 20.7 Å². The monoisotopic (exact) mass is 257 g/mol. The van der Waals surface area contributed by atoms with Crippen molar-refractivity contribution < 1.29 is 9.59 Å². The van der Waals surface area contributed by atoms with Crippen LogP contribution < -0.4 is 5.73 Å². The Morgan fingerprint density at radius 2 is 1.44 bits per heavy atom. The molecule has 90 valence electrons. The van der Waals surface area contributed by atoms with Crippen LogP contribution in [-0.4, -0.2) is 11.0 Å². The molecule has 2 N–H and O–H groups in total. The van der Waals surface area contributed by atoms with Gasteiger partial charge in [-0.25, -0.2) is 0 Å². The summed E-state index contributed by atoms with van der Waals surface area (Å²) in [6.07, 6.45) is 0. The van der Waals surface area contributed by atoms with Gasteiger partial charge in [-0.3, -0.25) is 9.59 Å². The molecule has 2 rings (SSSR count). The van der Waals surface area contributed by atoms with E-state index in [2.05, 4.69) is 0 Å². The zero-order valence-electron chi connectivity index (χ0n) is 9.50. The highest BCUT2D eigenvalue weighted by Gasteiger charge is 2.08. The average molecular weight is 257 g/mol. The first-order chi connectivity index (χ1) is 8.66. The van der Waals surface area contributed by atoms with E-state index >= 15 is 0 Å². The molecule has 0 aliphatic heterocycles. The van der Waals surface area contributed by atoms with Gasteiger partial charge in [0, 0.05) is 16.0 Å². The number of carbonyl (C=O) groups excluding carboxylic acids is 2. The molecular formula is C14H11NO2S. The molecule has 2 aromatic carbocycles. The number of carbonyl (C=O) groups is 2. The summed E-state index contributed by atoms with van der Waals surface area (Å²) in [5.74, 6) is -0.471. The van der Waals surface area contributed by atoms with Crippen LogP contribution in [0.2, 0.25) is 0 Å². The maximum absolute atomic E-state index is 11.9. The standard InChI is InChI=1S/C14H11NO2S/c15-13(16)10-6-8-12(9-7-10)18-14(17)11-4-2-1-3-5-11/h1-9H,(H2,15,16). The first kappa shape index (κ1) is 12.4. The summed E-state index contributed by atoms with van der Waals surface area (Å²) >= 11 is 1.13. The normalized spacial score (nSPS) is 10.0. The van der Waals surface area contributed by atoms with Gasteiger partial charge in [0.05, 0.1) is 0 Å². The fourth-order valence-corrected chi connectivity index (χ4v) is 2.17. The number of amides is 1. The van der Waals surface area contributed by atoms with E-state index in [1.54, 1.807) is 36.4 Å². The first-order valence-corrected chi connectivity index (χ1v) is 6.15. The molecule has 1 amide bonds. The van der Waals surface area contributed by atoms with Gasteiger partial charge < -0.3 is 5.73 Å². The highest BCUT2D eigenvalue weighted by molar-refractivity contribution is 8.14. The third-order valence-electron chi connectivity index (χ3n) is 2.36. The van der Waals surface area contributed by atoms with E-state index in [-0.39, 0.29) is 5.12 Å². The Balaban J connectivity index is 2.10. The molecule has 0 aliphatic rings. The fourth-order valence-electron chi connectivity index (χ4n) is 1.43. The van der Waals surface area contributed by atoms with Gasteiger partial charge in [0.1, 0.15) is 0 Å². The molecule has 0 atom stereocenters. The molecule has 18 heavy (non-hydrogen) atoms. The molecule has 2 aromatic rings. The summed E-state index contributed by atoms with van der Waals surface area (Å²) in [7, 11) is 0. The predicted molar refractivity (Wildman–Crippen MR) is 71.6 cm³/mol. The Bertz CT molecular complexity index is 564. The molecule has 4 heteroatoms. The third-order valence-corrected chi connectivity index (χ3v) is 3.29. The topological polar surface area (TPSA) is 60.2 Å². The number of nitrogens with two attached hydrogens (primary N) is 1. The van der Waals surface area contributed by atoms with Crippen LogP contribution in [0.5, 0.6) is 0 Å². The van der Waals surface area contributed by atoms with Crippen LogP contribution >= 0.6 is 11.8 Å². The second-order valence-corrected chi connectivity index (χ2v) is 4.69. The van der Waals surface area contributed by atoms with Crippen molar-refractivity contribution in [3.63, 3.8) is 0 Å². The summed E-state index contributed by atoms with van der Waals surface area (Å²) in [6, 6.07) is 15.7.